The van der Waals surface area contributed by atoms with Gasteiger partial charge in [0.15, 0.2) is 0 Å². The number of hydrogen-bond donors (Lipinski definition) is 3. The Morgan fingerprint density at radius 2 is 2.20 bits per heavy atom. The molecule has 4 heteroatoms. The van der Waals surface area contributed by atoms with Crippen LogP contribution in [0.3, 0.4) is 0 Å². The molecule has 3 N–H and O–H groups in total. The lowest BCUT2D eigenvalue weighted by molar-refractivity contribution is 0.0327. The van der Waals surface area contributed by atoms with E-state index in [-0.39, 0.29) is 12.1 Å². The highest BCUT2D eigenvalue weighted by atomic mass is 16.5. The van der Waals surface area contributed by atoms with Crippen LogP contribution in [0.4, 0.5) is 0 Å². The standard InChI is InChI=1S/C11H23NO3/c1-2-3-6-15-8-10(14)7-12-11(9-13)4-5-11/h10,12-14H,2-9H2,1H3. The molecular weight excluding hydrogens is 194 g/mol. The highest BCUT2D eigenvalue weighted by molar-refractivity contribution is 5.01. The van der Waals surface area contributed by atoms with Crippen molar-refractivity contribution in [1.82, 2.24) is 5.32 Å². The summed E-state index contributed by atoms with van der Waals surface area (Å²) < 4.78 is 5.30. The zero-order chi connectivity index (χ0) is 11.1. The van der Waals surface area contributed by atoms with E-state index in [0.717, 1.165) is 32.3 Å². The molecule has 0 bridgehead atoms. The van der Waals surface area contributed by atoms with Crippen molar-refractivity contribution in [3.8, 4) is 0 Å². The molecule has 90 valence electrons. The fraction of sp³-hybridized carbons (Fsp3) is 1.00. The lowest BCUT2D eigenvalue weighted by Gasteiger charge is -2.17. The third-order valence-corrected chi connectivity index (χ3v) is 2.82. The molecule has 1 unspecified atom stereocenters. The number of nitrogens with one attached hydrogen (secondary N) is 1. The van der Waals surface area contributed by atoms with Gasteiger partial charge in [-0.3, -0.25) is 0 Å². The Labute approximate surface area is 91.6 Å². The van der Waals surface area contributed by atoms with Crippen LogP contribution in [0.2, 0.25) is 0 Å². The minimum Gasteiger partial charge on any atom is -0.394 e. The van der Waals surface area contributed by atoms with E-state index in [1.54, 1.807) is 0 Å². The Morgan fingerprint density at radius 3 is 2.73 bits per heavy atom. The number of ether oxygens (including phenoxy) is 1. The molecule has 0 saturated heterocycles. The van der Waals surface area contributed by atoms with Crippen molar-refractivity contribution >= 4 is 0 Å². The molecule has 0 aromatic carbocycles. The van der Waals surface area contributed by atoms with Crippen molar-refractivity contribution in [1.29, 1.82) is 0 Å². The third kappa shape index (κ3) is 4.93. The van der Waals surface area contributed by atoms with E-state index in [1.807, 2.05) is 0 Å². The lowest BCUT2D eigenvalue weighted by atomic mass is 10.2. The number of unbranched alkanes of at least 4 members (excludes halogenated alkanes) is 1. The number of aliphatic hydroxyl groups excluding tert-OH is 2. The van der Waals surface area contributed by atoms with E-state index in [9.17, 15) is 5.11 Å². The van der Waals surface area contributed by atoms with Gasteiger partial charge in [-0.25, -0.2) is 0 Å². The number of β-amino-alcohol motifs (C(OH)–C–C–N with tert-alkyl or cyclic N) is 1. The maximum Gasteiger partial charge on any atom is 0.0897 e. The Morgan fingerprint density at radius 1 is 1.47 bits per heavy atom. The second-order valence-electron chi connectivity index (χ2n) is 4.40. The SMILES string of the molecule is CCCCOCC(O)CNC1(CO)CC1. The predicted molar refractivity (Wildman–Crippen MR) is 58.8 cm³/mol. The lowest BCUT2D eigenvalue weighted by Crippen LogP contribution is -2.41. The minimum atomic E-state index is -0.467. The molecule has 1 fully saturated rings. The molecule has 0 aromatic heterocycles. The monoisotopic (exact) mass is 217 g/mol. The topological polar surface area (TPSA) is 61.7 Å². The summed E-state index contributed by atoms with van der Waals surface area (Å²) in [7, 11) is 0. The second-order valence-corrected chi connectivity index (χ2v) is 4.40. The predicted octanol–water partition coefficient (Wildman–Crippen LogP) is 0.278. The smallest absolute Gasteiger partial charge is 0.0897 e. The molecule has 15 heavy (non-hydrogen) atoms. The van der Waals surface area contributed by atoms with Crippen LogP contribution in [0.5, 0.6) is 0 Å². The van der Waals surface area contributed by atoms with E-state index in [2.05, 4.69) is 12.2 Å². The first-order chi connectivity index (χ1) is 7.22. The van der Waals surface area contributed by atoms with Gasteiger partial charge in [0.05, 0.1) is 19.3 Å². The van der Waals surface area contributed by atoms with Gasteiger partial charge < -0.3 is 20.3 Å². The molecule has 0 amide bonds. The van der Waals surface area contributed by atoms with Crippen molar-refractivity contribution in [2.75, 3.05) is 26.4 Å². The molecular formula is C11H23NO3. The van der Waals surface area contributed by atoms with Crippen LogP contribution in [-0.4, -0.2) is 48.2 Å². The molecule has 0 heterocycles. The van der Waals surface area contributed by atoms with Gasteiger partial charge in [0, 0.05) is 18.7 Å². The van der Waals surface area contributed by atoms with E-state index in [4.69, 9.17) is 9.84 Å². The molecule has 1 atom stereocenters. The summed E-state index contributed by atoms with van der Waals surface area (Å²) in [5.74, 6) is 0. The Balaban J connectivity index is 1.96. The molecule has 1 rings (SSSR count). The van der Waals surface area contributed by atoms with Gasteiger partial charge in [-0.2, -0.15) is 0 Å². The number of hydrogen-bond acceptors (Lipinski definition) is 4. The van der Waals surface area contributed by atoms with Crippen LogP contribution in [0.25, 0.3) is 0 Å². The van der Waals surface area contributed by atoms with Gasteiger partial charge in [-0.1, -0.05) is 13.3 Å². The second kappa shape index (κ2) is 6.43. The summed E-state index contributed by atoms with van der Waals surface area (Å²) >= 11 is 0. The molecule has 4 nitrogen and oxygen atoms in total. The largest absolute Gasteiger partial charge is 0.394 e. The number of aliphatic hydroxyl groups is 2. The molecule has 0 aliphatic heterocycles. The van der Waals surface area contributed by atoms with Gasteiger partial charge in [0.1, 0.15) is 0 Å². The normalized spacial score (nSPS) is 20.2. The first kappa shape index (κ1) is 12.9. The van der Waals surface area contributed by atoms with Gasteiger partial charge in [-0.15, -0.1) is 0 Å². The van der Waals surface area contributed by atoms with Crippen LogP contribution in [0.1, 0.15) is 32.6 Å². The van der Waals surface area contributed by atoms with Gasteiger partial charge in [-0.05, 0) is 19.3 Å². The van der Waals surface area contributed by atoms with Crippen molar-refractivity contribution < 1.29 is 14.9 Å². The van der Waals surface area contributed by atoms with E-state index in [0.29, 0.717) is 13.2 Å². The molecule has 0 radical (unpaired) electrons. The Bertz CT molecular complexity index is 171. The number of rotatable bonds is 9. The Kier molecular flexibility index (Phi) is 5.53. The molecule has 1 aliphatic carbocycles. The fourth-order valence-corrected chi connectivity index (χ4v) is 1.40. The maximum absolute atomic E-state index is 9.57. The molecule has 1 saturated carbocycles. The van der Waals surface area contributed by atoms with Crippen LogP contribution in [0.15, 0.2) is 0 Å². The van der Waals surface area contributed by atoms with E-state index < -0.39 is 6.10 Å². The zero-order valence-electron chi connectivity index (χ0n) is 9.54. The van der Waals surface area contributed by atoms with Crippen LogP contribution in [-0.2, 0) is 4.74 Å². The zero-order valence-corrected chi connectivity index (χ0v) is 9.54. The highest BCUT2D eigenvalue weighted by Gasteiger charge is 2.41. The van der Waals surface area contributed by atoms with Crippen molar-refractivity contribution in [3.05, 3.63) is 0 Å². The van der Waals surface area contributed by atoms with Crippen LogP contribution in [0, 0.1) is 0 Å². The summed E-state index contributed by atoms with van der Waals surface area (Å²) in [4.78, 5) is 0. The summed E-state index contributed by atoms with van der Waals surface area (Å²) in [6, 6.07) is 0. The molecule has 1 aliphatic rings. The Hall–Kier alpha value is -0.160. The van der Waals surface area contributed by atoms with Gasteiger partial charge in [0.25, 0.3) is 0 Å². The third-order valence-electron chi connectivity index (χ3n) is 2.82. The van der Waals surface area contributed by atoms with E-state index in [1.165, 1.54) is 0 Å². The minimum absolute atomic E-state index is 0.0929. The average Bonchev–Trinajstić information content (AvgIpc) is 3.02. The highest BCUT2D eigenvalue weighted by Crippen LogP contribution is 2.34. The van der Waals surface area contributed by atoms with Crippen molar-refractivity contribution in [2.24, 2.45) is 0 Å². The quantitative estimate of drug-likeness (QED) is 0.485. The molecule has 0 spiro atoms. The van der Waals surface area contributed by atoms with Gasteiger partial charge >= 0.3 is 0 Å². The summed E-state index contributed by atoms with van der Waals surface area (Å²) in [5, 5.41) is 21.8. The molecule has 0 aromatic rings. The van der Waals surface area contributed by atoms with Crippen LogP contribution < -0.4 is 5.32 Å². The van der Waals surface area contributed by atoms with Crippen molar-refractivity contribution in [2.45, 2.75) is 44.2 Å². The van der Waals surface area contributed by atoms with E-state index >= 15 is 0 Å². The first-order valence-corrected chi connectivity index (χ1v) is 5.84. The van der Waals surface area contributed by atoms with Crippen LogP contribution >= 0.6 is 0 Å². The first-order valence-electron chi connectivity index (χ1n) is 5.84. The summed E-state index contributed by atoms with van der Waals surface area (Å²) in [6.45, 7) is 3.88. The summed E-state index contributed by atoms with van der Waals surface area (Å²) in [6.07, 6.45) is 3.70. The fourth-order valence-electron chi connectivity index (χ4n) is 1.40. The van der Waals surface area contributed by atoms with Crippen molar-refractivity contribution in [3.63, 3.8) is 0 Å². The van der Waals surface area contributed by atoms with Gasteiger partial charge in [0.2, 0.25) is 0 Å². The maximum atomic E-state index is 9.57. The summed E-state index contributed by atoms with van der Waals surface area (Å²) in [5.41, 5.74) is -0.0929. The average molecular weight is 217 g/mol.